The van der Waals surface area contributed by atoms with E-state index in [1.54, 1.807) is 5.57 Å². The van der Waals surface area contributed by atoms with E-state index in [4.69, 9.17) is 5.11 Å². The lowest BCUT2D eigenvalue weighted by molar-refractivity contribution is 0.176. The van der Waals surface area contributed by atoms with E-state index < -0.39 is 0 Å². The van der Waals surface area contributed by atoms with E-state index in [2.05, 4.69) is 19.9 Å². The van der Waals surface area contributed by atoms with Crippen LogP contribution in [0.2, 0.25) is 0 Å². The predicted molar refractivity (Wildman–Crippen MR) is 52.0 cm³/mol. The first kappa shape index (κ1) is 9.79. The van der Waals surface area contributed by atoms with Gasteiger partial charge in [0.2, 0.25) is 0 Å². The van der Waals surface area contributed by atoms with Gasteiger partial charge >= 0.3 is 0 Å². The molecule has 1 aliphatic carbocycles. The van der Waals surface area contributed by atoms with Crippen molar-refractivity contribution in [3.8, 4) is 0 Å². The van der Waals surface area contributed by atoms with Crippen molar-refractivity contribution in [2.45, 2.75) is 39.5 Å². The first-order valence-electron chi connectivity index (χ1n) is 5.12. The van der Waals surface area contributed by atoms with Gasteiger partial charge in [-0.05, 0) is 37.5 Å². The van der Waals surface area contributed by atoms with Crippen LogP contribution in [-0.4, -0.2) is 11.7 Å². The molecule has 0 aromatic rings. The number of aliphatic hydroxyl groups excluding tert-OH is 1. The fourth-order valence-electron chi connectivity index (χ4n) is 2.08. The molecule has 1 N–H and O–H groups in total. The highest BCUT2D eigenvalue weighted by Crippen LogP contribution is 2.31. The Kier molecular flexibility index (Phi) is 3.80. The van der Waals surface area contributed by atoms with Crippen LogP contribution in [0.1, 0.15) is 39.5 Å². The Hall–Kier alpha value is -0.300. The fourth-order valence-corrected chi connectivity index (χ4v) is 2.08. The Bertz CT molecular complexity index is 160. The first-order valence-corrected chi connectivity index (χ1v) is 5.12. The lowest BCUT2D eigenvalue weighted by Gasteiger charge is -2.27. The second-order valence-electron chi connectivity index (χ2n) is 3.73. The average Bonchev–Trinajstić information content (AvgIpc) is 2.16. The molecule has 0 spiro atoms. The van der Waals surface area contributed by atoms with Crippen LogP contribution in [0, 0.1) is 11.8 Å². The molecule has 12 heavy (non-hydrogen) atoms. The molecule has 0 saturated carbocycles. The van der Waals surface area contributed by atoms with E-state index in [1.165, 1.54) is 25.7 Å². The molecule has 0 bridgehead atoms. The van der Waals surface area contributed by atoms with Crippen LogP contribution in [0.3, 0.4) is 0 Å². The van der Waals surface area contributed by atoms with Crippen molar-refractivity contribution in [1.29, 1.82) is 0 Å². The van der Waals surface area contributed by atoms with Crippen LogP contribution in [0.25, 0.3) is 0 Å². The molecule has 0 heterocycles. The van der Waals surface area contributed by atoms with Crippen LogP contribution < -0.4 is 0 Å². The normalized spacial score (nSPS) is 30.1. The molecule has 0 radical (unpaired) electrons. The molecule has 1 rings (SSSR count). The van der Waals surface area contributed by atoms with E-state index in [9.17, 15) is 0 Å². The zero-order valence-electron chi connectivity index (χ0n) is 8.21. The van der Waals surface area contributed by atoms with Gasteiger partial charge in [-0.25, -0.2) is 0 Å². The summed E-state index contributed by atoms with van der Waals surface area (Å²) >= 11 is 0. The van der Waals surface area contributed by atoms with Crippen molar-refractivity contribution >= 4 is 0 Å². The maximum Gasteiger partial charge on any atom is 0.0465 e. The Morgan fingerprint density at radius 2 is 2.25 bits per heavy atom. The van der Waals surface area contributed by atoms with Crippen LogP contribution in [0.5, 0.6) is 0 Å². The van der Waals surface area contributed by atoms with E-state index in [-0.39, 0.29) is 0 Å². The minimum absolute atomic E-state index is 0.367. The van der Waals surface area contributed by atoms with Crippen LogP contribution >= 0.6 is 0 Å². The largest absolute Gasteiger partial charge is 0.396 e. The summed E-state index contributed by atoms with van der Waals surface area (Å²) in [5, 5.41) is 9.12. The second-order valence-corrected chi connectivity index (χ2v) is 3.73. The zero-order chi connectivity index (χ0) is 8.97. The van der Waals surface area contributed by atoms with Gasteiger partial charge < -0.3 is 5.11 Å². The summed E-state index contributed by atoms with van der Waals surface area (Å²) in [4.78, 5) is 0. The van der Waals surface area contributed by atoms with Gasteiger partial charge in [-0.1, -0.05) is 25.5 Å². The van der Waals surface area contributed by atoms with Gasteiger partial charge in [0.15, 0.2) is 0 Å². The monoisotopic (exact) mass is 168 g/mol. The summed E-state index contributed by atoms with van der Waals surface area (Å²) in [6, 6.07) is 0. The van der Waals surface area contributed by atoms with Crippen molar-refractivity contribution in [1.82, 2.24) is 0 Å². The molecule has 0 fully saturated rings. The van der Waals surface area contributed by atoms with E-state index in [0.717, 1.165) is 0 Å². The summed E-state index contributed by atoms with van der Waals surface area (Å²) in [5.41, 5.74) is 1.59. The number of allylic oxidation sites excluding steroid dienone is 2. The number of rotatable bonds is 3. The van der Waals surface area contributed by atoms with Crippen molar-refractivity contribution in [3.05, 3.63) is 11.6 Å². The van der Waals surface area contributed by atoms with Crippen molar-refractivity contribution in [3.63, 3.8) is 0 Å². The highest BCUT2D eigenvalue weighted by molar-refractivity contribution is 5.09. The third kappa shape index (κ3) is 2.10. The molecule has 1 aliphatic rings. The molecule has 0 aromatic carbocycles. The summed E-state index contributed by atoms with van der Waals surface area (Å²) in [7, 11) is 0. The van der Waals surface area contributed by atoms with Crippen LogP contribution in [-0.2, 0) is 0 Å². The number of hydrogen-bond donors (Lipinski definition) is 1. The van der Waals surface area contributed by atoms with Crippen LogP contribution in [0.4, 0.5) is 0 Å². The van der Waals surface area contributed by atoms with E-state index in [0.29, 0.717) is 18.4 Å². The van der Waals surface area contributed by atoms with Gasteiger partial charge in [-0.15, -0.1) is 0 Å². The molecule has 0 amide bonds. The smallest absolute Gasteiger partial charge is 0.0465 e. The maximum absolute atomic E-state index is 9.12. The maximum atomic E-state index is 9.12. The lowest BCUT2D eigenvalue weighted by atomic mass is 9.79. The summed E-state index contributed by atoms with van der Waals surface area (Å²) < 4.78 is 0. The lowest BCUT2D eigenvalue weighted by Crippen LogP contribution is -2.20. The van der Waals surface area contributed by atoms with E-state index in [1.807, 2.05) is 0 Å². The Morgan fingerprint density at radius 1 is 1.50 bits per heavy atom. The number of aliphatic hydroxyl groups is 1. The molecule has 0 saturated heterocycles. The highest BCUT2D eigenvalue weighted by atomic mass is 16.3. The Labute approximate surface area is 75.5 Å². The summed E-state index contributed by atoms with van der Waals surface area (Å²) in [6.45, 7) is 4.80. The Balaban J connectivity index is 2.60. The standard InChI is InChI=1S/C11H20O/c1-3-9-5-6-11(8-12)10(4-2)7-9/h7,10-12H,3-6,8H2,1-2H3. The summed E-state index contributed by atoms with van der Waals surface area (Å²) in [6.07, 6.45) is 7.15. The van der Waals surface area contributed by atoms with Gasteiger partial charge in [-0.3, -0.25) is 0 Å². The number of hydrogen-bond acceptors (Lipinski definition) is 1. The molecule has 0 aromatic heterocycles. The first-order chi connectivity index (χ1) is 5.81. The topological polar surface area (TPSA) is 20.2 Å². The van der Waals surface area contributed by atoms with Crippen molar-refractivity contribution < 1.29 is 5.11 Å². The van der Waals surface area contributed by atoms with Crippen molar-refractivity contribution in [2.75, 3.05) is 6.61 Å². The SMILES string of the molecule is CCC1=CC(CC)C(CO)CC1. The zero-order valence-corrected chi connectivity index (χ0v) is 8.21. The van der Waals surface area contributed by atoms with Gasteiger partial charge in [-0.2, -0.15) is 0 Å². The van der Waals surface area contributed by atoms with Gasteiger partial charge in [0.25, 0.3) is 0 Å². The van der Waals surface area contributed by atoms with Crippen LogP contribution in [0.15, 0.2) is 11.6 Å². The average molecular weight is 168 g/mol. The molecule has 1 nitrogen and oxygen atoms in total. The molecular formula is C11H20O. The predicted octanol–water partition coefficient (Wildman–Crippen LogP) is 2.75. The molecule has 1 heteroatoms. The second kappa shape index (κ2) is 4.66. The highest BCUT2D eigenvalue weighted by Gasteiger charge is 2.21. The molecule has 70 valence electrons. The van der Waals surface area contributed by atoms with Crippen molar-refractivity contribution in [2.24, 2.45) is 11.8 Å². The third-order valence-corrected chi connectivity index (χ3v) is 3.05. The van der Waals surface area contributed by atoms with E-state index >= 15 is 0 Å². The summed E-state index contributed by atoms with van der Waals surface area (Å²) in [5.74, 6) is 1.17. The molecule has 2 atom stereocenters. The minimum Gasteiger partial charge on any atom is -0.396 e. The molecular weight excluding hydrogens is 148 g/mol. The molecule has 0 aliphatic heterocycles. The minimum atomic E-state index is 0.367. The third-order valence-electron chi connectivity index (χ3n) is 3.05. The van der Waals surface area contributed by atoms with Gasteiger partial charge in [0.1, 0.15) is 0 Å². The van der Waals surface area contributed by atoms with Gasteiger partial charge in [0.05, 0.1) is 0 Å². The van der Waals surface area contributed by atoms with Gasteiger partial charge in [0, 0.05) is 6.61 Å². The quantitative estimate of drug-likeness (QED) is 0.642. The Morgan fingerprint density at radius 3 is 2.75 bits per heavy atom. The fraction of sp³-hybridized carbons (Fsp3) is 0.818. The molecule has 2 unspecified atom stereocenters.